The predicted molar refractivity (Wildman–Crippen MR) is 75.1 cm³/mol. The summed E-state index contributed by atoms with van der Waals surface area (Å²) in [5, 5.41) is 14.8. The number of rotatable bonds is 4. The van der Waals surface area contributed by atoms with Crippen LogP contribution in [0.25, 0.3) is 0 Å². The van der Waals surface area contributed by atoms with E-state index in [0.29, 0.717) is 5.56 Å². The number of pyridine rings is 1. The van der Waals surface area contributed by atoms with Crippen molar-refractivity contribution in [3.8, 4) is 0 Å². The number of aromatic carboxylic acids is 1. The molecule has 0 aromatic carbocycles. The summed E-state index contributed by atoms with van der Waals surface area (Å²) in [4.78, 5) is 14.4. The third-order valence-electron chi connectivity index (χ3n) is 2.58. The number of halogens is 1. The van der Waals surface area contributed by atoms with Crippen molar-refractivity contribution in [2.75, 3.05) is 4.72 Å². The number of hydrogen-bond acceptors (Lipinski definition) is 5. The highest BCUT2D eigenvalue weighted by Crippen LogP contribution is 2.25. The third kappa shape index (κ3) is 2.98. The first-order valence-corrected chi connectivity index (χ1v) is 7.51. The number of aryl methyl sites for hydroxylation is 2. The second-order valence-corrected chi connectivity index (χ2v) is 6.27. The van der Waals surface area contributed by atoms with Crippen LogP contribution in [-0.4, -0.2) is 34.7 Å². The minimum absolute atomic E-state index is 0.0396. The second kappa shape index (κ2) is 5.34. The lowest BCUT2D eigenvalue weighted by Gasteiger charge is -2.09. The van der Waals surface area contributed by atoms with Gasteiger partial charge in [-0.25, -0.2) is 18.2 Å². The summed E-state index contributed by atoms with van der Waals surface area (Å²) in [5.74, 6) is -1.45. The number of aromatic nitrogens is 3. The lowest BCUT2D eigenvalue weighted by Crippen LogP contribution is -2.17. The van der Waals surface area contributed by atoms with Gasteiger partial charge in [0.25, 0.3) is 10.0 Å². The van der Waals surface area contributed by atoms with Crippen LogP contribution in [-0.2, 0) is 10.0 Å². The van der Waals surface area contributed by atoms with Crippen LogP contribution in [0.5, 0.6) is 0 Å². The van der Waals surface area contributed by atoms with Gasteiger partial charge in [0.15, 0.2) is 10.8 Å². The highest BCUT2D eigenvalue weighted by Gasteiger charge is 2.28. The summed E-state index contributed by atoms with van der Waals surface area (Å²) in [6, 6.07) is 1.49. The molecule has 0 aliphatic heterocycles. The number of aromatic amines is 1. The van der Waals surface area contributed by atoms with Crippen LogP contribution in [0.3, 0.4) is 0 Å². The minimum Gasteiger partial charge on any atom is -0.476 e. The fourth-order valence-electron chi connectivity index (χ4n) is 1.71. The zero-order valence-corrected chi connectivity index (χ0v) is 12.6. The highest BCUT2D eigenvalue weighted by atomic mass is 35.5. The van der Waals surface area contributed by atoms with Crippen molar-refractivity contribution < 1.29 is 18.3 Å². The molecule has 0 unspecified atom stereocenters. The van der Waals surface area contributed by atoms with Gasteiger partial charge in [0.1, 0.15) is 4.90 Å². The van der Waals surface area contributed by atoms with Crippen molar-refractivity contribution in [2.24, 2.45) is 0 Å². The summed E-state index contributed by atoms with van der Waals surface area (Å²) in [7, 11) is -4.16. The molecule has 0 bridgehead atoms. The maximum atomic E-state index is 12.4. The van der Waals surface area contributed by atoms with E-state index in [4.69, 9.17) is 16.7 Å². The number of anilines is 1. The van der Waals surface area contributed by atoms with E-state index in [1.807, 2.05) is 0 Å². The molecule has 0 spiro atoms. The van der Waals surface area contributed by atoms with E-state index in [-0.39, 0.29) is 16.5 Å². The Bertz CT molecular complexity index is 816. The number of carboxylic acids is 1. The van der Waals surface area contributed by atoms with Gasteiger partial charge in [-0.15, -0.1) is 0 Å². The van der Waals surface area contributed by atoms with Crippen LogP contribution in [0.2, 0.25) is 5.15 Å². The van der Waals surface area contributed by atoms with Gasteiger partial charge in [0.2, 0.25) is 0 Å². The molecule has 0 aliphatic rings. The number of carboxylic acid groups (broad SMARTS) is 1. The molecule has 0 amide bonds. The van der Waals surface area contributed by atoms with Gasteiger partial charge in [-0.2, -0.15) is 5.10 Å². The fraction of sp³-hybridized carbons (Fsp3) is 0.182. The highest BCUT2D eigenvalue weighted by molar-refractivity contribution is 7.92. The SMILES string of the molecule is Cc1cnc(Cl)c(NS(=O)(=O)c2c(C(=O)O)n[nH]c2C)c1. The summed E-state index contributed by atoms with van der Waals surface area (Å²) in [5.41, 5.74) is 0.279. The van der Waals surface area contributed by atoms with Gasteiger partial charge in [-0.1, -0.05) is 11.6 Å². The number of sulfonamides is 1. The van der Waals surface area contributed by atoms with Crippen LogP contribution >= 0.6 is 11.6 Å². The van der Waals surface area contributed by atoms with Gasteiger partial charge >= 0.3 is 5.97 Å². The van der Waals surface area contributed by atoms with Crippen LogP contribution in [0.4, 0.5) is 5.69 Å². The first-order valence-electron chi connectivity index (χ1n) is 5.65. The Labute approximate surface area is 125 Å². The van der Waals surface area contributed by atoms with Crippen LogP contribution in [0, 0.1) is 13.8 Å². The largest absolute Gasteiger partial charge is 0.476 e. The maximum Gasteiger partial charge on any atom is 0.357 e. The molecule has 2 aromatic heterocycles. The monoisotopic (exact) mass is 330 g/mol. The van der Waals surface area contributed by atoms with Gasteiger partial charge in [-0.3, -0.25) is 9.82 Å². The molecule has 112 valence electrons. The van der Waals surface area contributed by atoms with Crippen molar-refractivity contribution in [3.05, 3.63) is 34.4 Å². The third-order valence-corrected chi connectivity index (χ3v) is 4.41. The maximum absolute atomic E-state index is 12.4. The number of nitrogens with one attached hydrogen (secondary N) is 2. The molecule has 8 nitrogen and oxygen atoms in total. The van der Waals surface area contributed by atoms with E-state index in [1.165, 1.54) is 19.2 Å². The zero-order valence-electron chi connectivity index (χ0n) is 11.0. The Morgan fingerprint density at radius 3 is 2.71 bits per heavy atom. The number of H-pyrrole nitrogens is 1. The smallest absolute Gasteiger partial charge is 0.357 e. The van der Waals surface area contributed by atoms with Crippen molar-refractivity contribution in [1.29, 1.82) is 0 Å². The molecule has 10 heteroatoms. The molecule has 0 radical (unpaired) electrons. The van der Waals surface area contributed by atoms with E-state index in [9.17, 15) is 13.2 Å². The molecule has 0 saturated carbocycles. The van der Waals surface area contributed by atoms with Gasteiger partial charge < -0.3 is 5.11 Å². The van der Waals surface area contributed by atoms with Crippen LogP contribution in [0.1, 0.15) is 21.7 Å². The Balaban J connectivity index is 2.51. The van der Waals surface area contributed by atoms with Crippen LogP contribution < -0.4 is 4.72 Å². The van der Waals surface area contributed by atoms with E-state index < -0.39 is 26.6 Å². The van der Waals surface area contributed by atoms with Crippen molar-refractivity contribution in [1.82, 2.24) is 15.2 Å². The summed E-state index contributed by atoms with van der Waals surface area (Å²) in [6.07, 6.45) is 1.48. The standard InChI is InChI=1S/C11H11ClN4O4S/c1-5-3-7(10(12)13-4-5)16-21(19,20)9-6(2)14-15-8(9)11(17)18/h3-4,16H,1-2H3,(H,14,15)(H,17,18). The Morgan fingerprint density at radius 1 is 1.43 bits per heavy atom. The Kier molecular flexibility index (Phi) is 3.88. The molecule has 0 saturated heterocycles. The molecule has 21 heavy (non-hydrogen) atoms. The predicted octanol–water partition coefficient (Wildman–Crippen LogP) is 1.57. The number of carbonyl (C=O) groups is 1. The molecule has 2 aromatic rings. The minimum atomic E-state index is -4.16. The van der Waals surface area contributed by atoms with E-state index >= 15 is 0 Å². The Hall–Kier alpha value is -2.13. The first kappa shape index (κ1) is 15.3. The summed E-state index contributed by atoms with van der Waals surface area (Å²) in [6.45, 7) is 3.12. The summed E-state index contributed by atoms with van der Waals surface area (Å²) < 4.78 is 26.9. The quantitative estimate of drug-likeness (QED) is 0.731. The van der Waals surface area contributed by atoms with Crippen LogP contribution in [0.15, 0.2) is 17.2 Å². The summed E-state index contributed by atoms with van der Waals surface area (Å²) >= 11 is 5.83. The van der Waals surface area contributed by atoms with E-state index in [0.717, 1.165) is 0 Å². The molecule has 0 fully saturated rings. The number of nitrogens with zero attached hydrogens (tertiary/aromatic N) is 2. The molecular weight excluding hydrogens is 320 g/mol. The molecule has 2 rings (SSSR count). The molecular formula is C11H11ClN4O4S. The molecule has 3 N–H and O–H groups in total. The van der Waals surface area contributed by atoms with Crippen molar-refractivity contribution in [2.45, 2.75) is 18.7 Å². The molecule has 0 atom stereocenters. The lowest BCUT2D eigenvalue weighted by molar-refractivity contribution is 0.0686. The molecule has 2 heterocycles. The van der Waals surface area contributed by atoms with Crippen molar-refractivity contribution >= 4 is 33.3 Å². The van der Waals surface area contributed by atoms with Gasteiger partial charge in [0, 0.05) is 6.20 Å². The normalized spacial score (nSPS) is 11.4. The van der Waals surface area contributed by atoms with Crippen molar-refractivity contribution in [3.63, 3.8) is 0 Å². The average molecular weight is 331 g/mol. The number of hydrogen-bond donors (Lipinski definition) is 3. The first-order chi connectivity index (χ1) is 9.72. The van der Waals surface area contributed by atoms with Gasteiger partial charge in [0.05, 0.1) is 11.4 Å². The molecule has 0 aliphatic carbocycles. The lowest BCUT2D eigenvalue weighted by atomic mass is 10.3. The van der Waals surface area contributed by atoms with E-state index in [1.54, 1.807) is 6.92 Å². The topological polar surface area (TPSA) is 125 Å². The average Bonchev–Trinajstić information content (AvgIpc) is 2.76. The van der Waals surface area contributed by atoms with Gasteiger partial charge in [-0.05, 0) is 25.5 Å². The Morgan fingerprint density at radius 2 is 2.10 bits per heavy atom. The fourth-order valence-corrected chi connectivity index (χ4v) is 3.30. The van der Waals surface area contributed by atoms with E-state index in [2.05, 4.69) is 19.9 Å². The second-order valence-electron chi connectivity index (χ2n) is 4.29. The zero-order chi connectivity index (χ0) is 15.8.